The fraction of sp³-hybridized carbons (Fsp3) is 0.474. The van der Waals surface area contributed by atoms with Gasteiger partial charge in [-0.1, -0.05) is 57.6 Å². The Hall–Kier alpha value is -1.50. The molecule has 0 atom stereocenters. The van der Waals surface area contributed by atoms with E-state index in [0.717, 1.165) is 30.8 Å². The molecule has 0 amide bonds. The minimum atomic E-state index is 0.938. The summed E-state index contributed by atoms with van der Waals surface area (Å²) in [5.74, 6) is 2.06. The maximum absolute atomic E-state index is 5.77. The highest BCUT2D eigenvalue weighted by molar-refractivity contribution is 5.75. The van der Waals surface area contributed by atoms with Crippen LogP contribution < -0.4 is 0 Å². The standard InChI is InChI=1S/C19H28O/c1-6-9-11-15(4)12-13-17(10-7-2)19-14-18(8-3)20-16(19)5/h10,12-14H,4,6-9,11H2,1-3,5H3/b13-12-,17-10+. The summed E-state index contributed by atoms with van der Waals surface area (Å²) in [4.78, 5) is 0. The zero-order valence-electron chi connectivity index (χ0n) is 13.5. The van der Waals surface area contributed by atoms with Gasteiger partial charge in [0.25, 0.3) is 0 Å². The van der Waals surface area contributed by atoms with Crippen molar-refractivity contribution in [1.29, 1.82) is 0 Å². The predicted molar refractivity (Wildman–Crippen MR) is 88.9 cm³/mol. The van der Waals surface area contributed by atoms with Gasteiger partial charge < -0.3 is 4.42 Å². The normalized spacial score (nSPS) is 12.3. The maximum atomic E-state index is 5.77. The summed E-state index contributed by atoms with van der Waals surface area (Å²) in [5.41, 5.74) is 3.65. The summed E-state index contributed by atoms with van der Waals surface area (Å²) in [6, 6.07) is 2.16. The minimum Gasteiger partial charge on any atom is -0.466 e. The molecule has 1 nitrogen and oxygen atoms in total. The highest BCUT2D eigenvalue weighted by atomic mass is 16.3. The van der Waals surface area contributed by atoms with Crippen LogP contribution in [0.4, 0.5) is 0 Å². The first kappa shape index (κ1) is 16.6. The van der Waals surface area contributed by atoms with Gasteiger partial charge in [-0.25, -0.2) is 0 Å². The van der Waals surface area contributed by atoms with Crippen molar-refractivity contribution in [2.45, 2.75) is 59.8 Å². The molecule has 0 saturated heterocycles. The molecule has 0 radical (unpaired) electrons. The number of unbranched alkanes of at least 4 members (excludes halogenated alkanes) is 1. The number of rotatable bonds is 8. The monoisotopic (exact) mass is 272 g/mol. The molecule has 0 aromatic carbocycles. The molecule has 0 fully saturated rings. The second-order valence-electron chi connectivity index (χ2n) is 5.20. The Kier molecular flexibility index (Phi) is 7.14. The summed E-state index contributed by atoms with van der Waals surface area (Å²) >= 11 is 0. The summed E-state index contributed by atoms with van der Waals surface area (Å²) in [5, 5.41) is 0. The zero-order chi connectivity index (χ0) is 15.0. The molecule has 0 aliphatic heterocycles. The van der Waals surface area contributed by atoms with Gasteiger partial charge in [0.05, 0.1) is 0 Å². The first-order valence-corrected chi connectivity index (χ1v) is 7.78. The molecule has 0 unspecified atom stereocenters. The van der Waals surface area contributed by atoms with Gasteiger partial charge in [0, 0.05) is 12.0 Å². The van der Waals surface area contributed by atoms with Crippen molar-refractivity contribution < 1.29 is 4.42 Å². The Morgan fingerprint density at radius 2 is 2.00 bits per heavy atom. The molecule has 0 aliphatic rings. The summed E-state index contributed by atoms with van der Waals surface area (Å²) in [6.45, 7) is 12.7. The van der Waals surface area contributed by atoms with E-state index in [-0.39, 0.29) is 0 Å². The van der Waals surface area contributed by atoms with Gasteiger partial charge in [0.2, 0.25) is 0 Å². The molecule has 0 N–H and O–H groups in total. The van der Waals surface area contributed by atoms with Crippen molar-refractivity contribution in [3.05, 3.63) is 53.5 Å². The quantitative estimate of drug-likeness (QED) is 0.510. The molecular formula is C19H28O. The van der Waals surface area contributed by atoms with Gasteiger partial charge in [0.15, 0.2) is 0 Å². The lowest BCUT2D eigenvalue weighted by Gasteiger charge is -2.02. The molecule has 1 rings (SSSR count). The van der Waals surface area contributed by atoms with E-state index in [2.05, 4.69) is 51.6 Å². The Labute approximate surface area is 124 Å². The fourth-order valence-corrected chi connectivity index (χ4v) is 2.19. The van der Waals surface area contributed by atoms with Crippen LogP contribution in [0.5, 0.6) is 0 Å². The van der Waals surface area contributed by atoms with E-state index in [4.69, 9.17) is 4.42 Å². The van der Waals surface area contributed by atoms with E-state index >= 15 is 0 Å². The van der Waals surface area contributed by atoms with Crippen molar-refractivity contribution in [2.24, 2.45) is 0 Å². The third-order valence-corrected chi connectivity index (χ3v) is 3.40. The van der Waals surface area contributed by atoms with Crippen LogP contribution in [-0.4, -0.2) is 0 Å². The van der Waals surface area contributed by atoms with Gasteiger partial charge in [0.1, 0.15) is 11.5 Å². The van der Waals surface area contributed by atoms with Gasteiger partial charge in [-0.15, -0.1) is 0 Å². The number of allylic oxidation sites excluding steroid dienone is 5. The third-order valence-electron chi connectivity index (χ3n) is 3.40. The van der Waals surface area contributed by atoms with Crippen LogP contribution in [0.15, 0.2) is 40.9 Å². The van der Waals surface area contributed by atoms with Crippen molar-refractivity contribution in [2.75, 3.05) is 0 Å². The van der Waals surface area contributed by atoms with Crippen LogP contribution in [0.25, 0.3) is 5.57 Å². The van der Waals surface area contributed by atoms with Crippen LogP contribution in [0.2, 0.25) is 0 Å². The van der Waals surface area contributed by atoms with E-state index in [9.17, 15) is 0 Å². The molecule has 0 saturated carbocycles. The Morgan fingerprint density at radius 1 is 1.25 bits per heavy atom. The van der Waals surface area contributed by atoms with E-state index in [0.29, 0.717) is 0 Å². The average Bonchev–Trinajstić information content (AvgIpc) is 2.82. The van der Waals surface area contributed by atoms with Gasteiger partial charge in [-0.05, 0) is 37.8 Å². The lowest BCUT2D eigenvalue weighted by Crippen LogP contribution is -1.83. The molecule has 1 heterocycles. The fourth-order valence-electron chi connectivity index (χ4n) is 2.19. The third kappa shape index (κ3) is 4.88. The van der Waals surface area contributed by atoms with Crippen LogP contribution in [0, 0.1) is 6.92 Å². The van der Waals surface area contributed by atoms with Crippen molar-refractivity contribution >= 4 is 5.57 Å². The number of furan rings is 1. The molecule has 1 aromatic heterocycles. The molecule has 20 heavy (non-hydrogen) atoms. The van der Waals surface area contributed by atoms with Crippen LogP contribution in [0.1, 0.15) is 63.5 Å². The Morgan fingerprint density at radius 3 is 2.55 bits per heavy atom. The first-order valence-electron chi connectivity index (χ1n) is 7.78. The van der Waals surface area contributed by atoms with E-state index in [1.165, 1.54) is 29.6 Å². The summed E-state index contributed by atoms with van der Waals surface area (Å²) < 4.78 is 5.77. The van der Waals surface area contributed by atoms with E-state index in [1.54, 1.807) is 0 Å². The summed E-state index contributed by atoms with van der Waals surface area (Å²) in [7, 11) is 0. The van der Waals surface area contributed by atoms with Crippen molar-refractivity contribution in [3.63, 3.8) is 0 Å². The average molecular weight is 272 g/mol. The van der Waals surface area contributed by atoms with Gasteiger partial charge in [-0.2, -0.15) is 0 Å². The maximum Gasteiger partial charge on any atom is 0.108 e. The highest BCUT2D eigenvalue weighted by Gasteiger charge is 2.08. The molecule has 0 aliphatic carbocycles. The molecule has 0 bridgehead atoms. The van der Waals surface area contributed by atoms with Gasteiger partial charge in [-0.3, -0.25) is 0 Å². The molecular weight excluding hydrogens is 244 g/mol. The topological polar surface area (TPSA) is 13.1 Å². The first-order chi connectivity index (χ1) is 9.62. The predicted octanol–water partition coefficient (Wildman–Crippen LogP) is 6.25. The number of aryl methyl sites for hydroxylation is 2. The smallest absolute Gasteiger partial charge is 0.108 e. The molecule has 1 heteroatoms. The zero-order valence-corrected chi connectivity index (χ0v) is 13.5. The summed E-state index contributed by atoms with van der Waals surface area (Å²) in [6.07, 6.45) is 12.0. The number of hydrogen-bond donors (Lipinski definition) is 0. The second-order valence-corrected chi connectivity index (χ2v) is 5.20. The van der Waals surface area contributed by atoms with Crippen LogP contribution >= 0.6 is 0 Å². The van der Waals surface area contributed by atoms with Crippen molar-refractivity contribution in [1.82, 2.24) is 0 Å². The van der Waals surface area contributed by atoms with Crippen LogP contribution in [-0.2, 0) is 6.42 Å². The Balaban J connectivity index is 2.89. The molecule has 110 valence electrons. The van der Waals surface area contributed by atoms with E-state index < -0.39 is 0 Å². The highest BCUT2D eigenvalue weighted by Crippen LogP contribution is 2.25. The Bertz CT molecular complexity index is 486. The largest absolute Gasteiger partial charge is 0.466 e. The SMILES string of the molecule is C=C(/C=C\C(=C/CC)c1cc(CC)oc1C)CCCC. The van der Waals surface area contributed by atoms with Crippen molar-refractivity contribution in [3.8, 4) is 0 Å². The van der Waals surface area contributed by atoms with Gasteiger partial charge >= 0.3 is 0 Å². The lowest BCUT2D eigenvalue weighted by molar-refractivity contribution is 0.488. The van der Waals surface area contributed by atoms with Crippen LogP contribution in [0.3, 0.4) is 0 Å². The van der Waals surface area contributed by atoms with E-state index in [1.807, 2.05) is 6.92 Å². The number of hydrogen-bond acceptors (Lipinski definition) is 1. The lowest BCUT2D eigenvalue weighted by atomic mass is 10.0. The molecule has 1 aromatic rings. The minimum absolute atomic E-state index is 0.938. The molecule has 0 spiro atoms. The second kappa shape index (κ2) is 8.63.